The van der Waals surface area contributed by atoms with Crippen molar-refractivity contribution in [3.8, 4) is 28.2 Å². The number of fused-ring (bicyclic) bond motifs is 1. The third kappa shape index (κ3) is 3.35. The summed E-state index contributed by atoms with van der Waals surface area (Å²) in [5.74, 6) is 0.216. The van der Waals surface area contributed by atoms with Gasteiger partial charge in [-0.25, -0.2) is 0 Å². The van der Waals surface area contributed by atoms with Gasteiger partial charge >= 0.3 is 0 Å². The van der Waals surface area contributed by atoms with Crippen molar-refractivity contribution in [2.45, 2.75) is 0 Å². The van der Waals surface area contributed by atoms with Crippen LogP contribution in [0.2, 0.25) is 0 Å². The lowest BCUT2D eigenvalue weighted by Crippen LogP contribution is -2.01. The van der Waals surface area contributed by atoms with Crippen molar-refractivity contribution >= 4 is 32.7 Å². The summed E-state index contributed by atoms with van der Waals surface area (Å²) >= 11 is 3.63. The minimum atomic E-state index is -0.264. The Morgan fingerprint density at radius 3 is 1.94 bits per heavy atom. The Labute approximate surface area is 187 Å². The highest BCUT2D eigenvalue weighted by atomic mass is 79.9. The Kier molecular flexibility index (Phi) is 4.92. The van der Waals surface area contributed by atoms with E-state index in [-0.39, 0.29) is 22.7 Å². The molecule has 0 aliphatic heterocycles. The van der Waals surface area contributed by atoms with E-state index in [0.717, 1.165) is 22.1 Å². The summed E-state index contributed by atoms with van der Waals surface area (Å²) in [5.41, 5.74) is 3.69. The minimum absolute atomic E-state index is 0.161. The molecule has 0 saturated heterocycles. The van der Waals surface area contributed by atoms with Crippen LogP contribution < -0.4 is 0 Å². The fraction of sp³-hybridized carbons (Fsp3) is 0. The van der Waals surface area contributed by atoms with E-state index in [1.165, 1.54) is 0 Å². The lowest BCUT2D eigenvalue weighted by molar-refractivity contribution is 0.103. The summed E-state index contributed by atoms with van der Waals surface area (Å²) in [6.07, 6.45) is 0. The van der Waals surface area contributed by atoms with Crippen molar-refractivity contribution in [2.75, 3.05) is 0 Å². The van der Waals surface area contributed by atoms with Crippen molar-refractivity contribution in [2.24, 2.45) is 0 Å². The number of halogens is 1. The van der Waals surface area contributed by atoms with E-state index in [0.29, 0.717) is 15.8 Å². The van der Waals surface area contributed by atoms with Gasteiger partial charge in [0.1, 0.15) is 5.76 Å². The zero-order valence-corrected chi connectivity index (χ0v) is 18.0. The smallest absolute Gasteiger partial charge is 0.196 e. The predicted molar refractivity (Wildman–Crippen MR) is 126 cm³/mol. The molecule has 0 saturated carbocycles. The highest BCUT2D eigenvalue weighted by Crippen LogP contribution is 2.47. The van der Waals surface area contributed by atoms with Gasteiger partial charge in [0.05, 0.1) is 5.56 Å². The predicted octanol–water partition coefficient (Wildman–Crippen LogP) is 7.47. The molecule has 0 amide bonds. The molecule has 3 nitrogen and oxygen atoms in total. The number of rotatable bonds is 4. The van der Waals surface area contributed by atoms with Crippen LogP contribution in [0.1, 0.15) is 15.9 Å². The van der Waals surface area contributed by atoms with E-state index >= 15 is 0 Å². The van der Waals surface area contributed by atoms with Crippen molar-refractivity contribution in [1.29, 1.82) is 0 Å². The second kappa shape index (κ2) is 7.89. The molecule has 4 heteroatoms. The third-order valence-corrected chi connectivity index (χ3v) is 5.89. The summed E-state index contributed by atoms with van der Waals surface area (Å²) in [6, 6.07) is 30.2. The maximum Gasteiger partial charge on any atom is 0.196 e. The summed E-state index contributed by atoms with van der Waals surface area (Å²) in [7, 11) is 0. The Morgan fingerprint density at radius 2 is 1.32 bits per heavy atom. The normalized spacial score (nSPS) is 11.0. The van der Waals surface area contributed by atoms with Gasteiger partial charge < -0.3 is 9.52 Å². The molecule has 4 aromatic carbocycles. The Hall–Kier alpha value is -3.63. The molecule has 0 fully saturated rings. The van der Waals surface area contributed by atoms with E-state index < -0.39 is 0 Å². The molecule has 0 aliphatic carbocycles. The van der Waals surface area contributed by atoms with Crippen LogP contribution in [0.5, 0.6) is 5.75 Å². The fourth-order valence-corrected chi connectivity index (χ4v) is 4.41. The summed E-state index contributed by atoms with van der Waals surface area (Å²) in [6.45, 7) is 0. The number of ketones is 1. The number of carbonyl (C=O) groups excluding carboxylic acids is 1. The van der Waals surface area contributed by atoms with Crippen LogP contribution in [0.4, 0.5) is 0 Å². The quantitative estimate of drug-likeness (QED) is 0.278. The van der Waals surface area contributed by atoms with Gasteiger partial charge in [-0.1, -0.05) is 91.0 Å². The topological polar surface area (TPSA) is 50.4 Å². The highest BCUT2D eigenvalue weighted by Gasteiger charge is 2.26. The maximum absolute atomic E-state index is 13.1. The Bertz CT molecular complexity index is 1390. The SMILES string of the molecule is O=C(c1ccccc1)c1cc(Br)c2c(-c3ccccc3)c(-c3ccccc3)oc2c1O. The van der Waals surface area contributed by atoms with Crippen molar-refractivity contribution in [1.82, 2.24) is 0 Å². The molecule has 0 bridgehead atoms. The van der Waals surface area contributed by atoms with Gasteiger partial charge in [-0.2, -0.15) is 0 Å². The molecule has 5 aromatic rings. The molecule has 1 N–H and O–H groups in total. The number of hydrogen-bond acceptors (Lipinski definition) is 3. The van der Waals surface area contributed by atoms with E-state index in [9.17, 15) is 9.90 Å². The summed E-state index contributed by atoms with van der Waals surface area (Å²) < 4.78 is 6.93. The number of phenolic OH excluding ortho intramolecular Hbond substituents is 1. The molecule has 1 aromatic heterocycles. The monoisotopic (exact) mass is 468 g/mol. The second-order valence-electron chi connectivity index (χ2n) is 7.19. The molecule has 5 rings (SSSR count). The molecule has 0 aliphatic rings. The van der Waals surface area contributed by atoms with Crippen molar-refractivity contribution < 1.29 is 14.3 Å². The van der Waals surface area contributed by atoms with Crippen molar-refractivity contribution in [3.63, 3.8) is 0 Å². The van der Waals surface area contributed by atoms with Gasteiger partial charge in [0.25, 0.3) is 0 Å². The van der Waals surface area contributed by atoms with Gasteiger partial charge in [-0.3, -0.25) is 4.79 Å². The van der Waals surface area contributed by atoms with E-state index in [2.05, 4.69) is 15.9 Å². The number of aromatic hydroxyl groups is 1. The molecule has 1 heterocycles. The van der Waals surface area contributed by atoms with E-state index in [1.54, 1.807) is 30.3 Å². The largest absolute Gasteiger partial charge is 0.504 e. The average molecular weight is 469 g/mol. The molecular weight excluding hydrogens is 452 g/mol. The number of carbonyl (C=O) groups is 1. The molecule has 0 radical (unpaired) electrons. The summed E-state index contributed by atoms with van der Waals surface area (Å²) in [4.78, 5) is 13.1. The number of phenols is 1. The van der Waals surface area contributed by atoms with Crippen LogP contribution in [-0.4, -0.2) is 10.9 Å². The van der Waals surface area contributed by atoms with Crippen molar-refractivity contribution in [3.05, 3.63) is 113 Å². The first-order chi connectivity index (χ1) is 15.1. The third-order valence-electron chi connectivity index (χ3n) is 5.27. The Morgan fingerprint density at radius 1 is 0.774 bits per heavy atom. The first-order valence-corrected chi connectivity index (χ1v) is 10.6. The number of hydrogen-bond donors (Lipinski definition) is 1. The average Bonchev–Trinajstić information content (AvgIpc) is 3.24. The fourth-order valence-electron chi connectivity index (χ4n) is 3.81. The van der Waals surface area contributed by atoms with Gasteiger partial charge in [-0.15, -0.1) is 0 Å². The molecule has 0 unspecified atom stereocenters. The number of benzene rings is 4. The van der Waals surface area contributed by atoms with Crippen LogP contribution in [0, 0.1) is 0 Å². The lowest BCUT2D eigenvalue weighted by Gasteiger charge is -2.07. The minimum Gasteiger partial charge on any atom is -0.504 e. The first-order valence-electron chi connectivity index (χ1n) is 9.83. The number of furan rings is 1. The summed E-state index contributed by atoms with van der Waals surface area (Å²) in [5, 5.41) is 11.8. The van der Waals surface area contributed by atoms with Gasteiger partial charge in [0.2, 0.25) is 0 Å². The zero-order valence-electron chi connectivity index (χ0n) is 16.4. The van der Waals surface area contributed by atoms with Gasteiger partial charge in [0.15, 0.2) is 17.1 Å². The standard InChI is InChI=1S/C27H17BrO3/c28-21-16-20(24(29)18-12-6-2-7-13-18)25(30)27-23(21)22(17-10-4-1-5-11-17)26(31-27)19-14-8-3-9-15-19/h1-16,30H. The Balaban J connectivity index is 1.81. The second-order valence-corrected chi connectivity index (χ2v) is 8.05. The highest BCUT2D eigenvalue weighted by molar-refractivity contribution is 9.10. The van der Waals surface area contributed by atoms with Crippen LogP contribution in [0.25, 0.3) is 33.4 Å². The van der Waals surface area contributed by atoms with Crippen LogP contribution in [0.15, 0.2) is 106 Å². The molecule has 150 valence electrons. The molecule has 0 atom stereocenters. The first kappa shape index (κ1) is 19.3. The molecular formula is C27H17BrO3. The van der Waals surface area contributed by atoms with Crippen LogP contribution >= 0.6 is 15.9 Å². The zero-order chi connectivity index (χ0) is 21.4. The van der Waals surface area contributed by atoms with Gasteiger partial charge in [0, 0.05) is 26.5 Å². The lowest BCUT2D eigenvalue weighted by atomic mass is 9.96. The van der Waals surface area contributed by atoms with Crippen LogP contribution in [-0.2, 0) is 0 Å². The van der Waals surface area contributed by atoms with Gasteiger partial charge in [-0.05, 0) is 27.6 Å². The van der Waals surface area contributed by atoms with E-state index in [1.807, 2.05) is 66.7 Å². The maximum atomic E-state index is 13.1. The van der Waals surface area contributed by atoms with Crippen LogP contribution in [0.3, 0.4) is 0 Å². The molecule has 31 heavy (non-hydrogen) atoms. The van der Waals surface area contributed by atoms with E-state index in [4.69, 9.17) is 4.42 Å². The molecule has 0 spiro atoms.